The fourth-order valence-corrected chi connectivity index (χ4v) is 1.86. The summed E-state index contributed by atoms with van der Waals surface area (Å²) in [4.78, 5) is 15.8. The molecule has 86 valence electrons. The second-order valence-corrected chi connectivity index (χ2v) is 4.43. The standard InChI is InChI=1S/C12H17N3O/c1-8-5-10(6-11(13)15-8)12(16)14-7-9-3-2-4-9/h5-6,9H,2-4,7H2,1H3,(H2,13,15)(H,14,16). The SMILES string of the molecule is Cc1cc(C(=O)NCC2CCC2)cc(N)n1. The summed E-state index contributed by atoms with van der Waals surface area (Å²) in [6.45, 7) is 2.61. The van der Waals surface area contributed by atoms with Gasteiger partial charge in [0, 0.05) is 17.8 Å². The van der Waals surface area contributed by atoms with Gasteiger partial charge in [-0.1, -0.05) is 6.42 Å². The fraction of sp³-hybridized carbons (Fsp3) is 0.500. The molecule has 16 heavy (non-hydrogen) atoms. The number of amides is 1. The van der Waals surface area contributed by atoms with Gasteiger partial charge in [0.05, 0.1) is 0 Å². The number of carbonyl (C=O) groups is 1. The number of anilines is 1. The van der Waals surface area contributed by atoms with E-state index in [1.807, 2.05) is 6.92 Å². The van der Waals surface area contributed by atoms with Gasteiger partial charge in [-0.3, -0.25) is 4.79 Å². The minimum absolute atomic E-state index is 0.0518. The number of nitrogens with two attached hydrogens (primary N) is 1. The van der Waals surface area contributed by atoms with E-state index in [9.17, 15) is 4.79 Å². The first kappa shape index (κ1) is 10.9. The van der Waals surface area contributed by atoms with Crippen LogP contribution in [0.25, 0.3) is 0 Å². The Balaban J connectivity index is 1.96. The van der Waals surface area contributed by atoms with Crippen LogP contribution in [-0.2, 0) is 0 Å². The minimum atomic E-state index is -0.0518. The average Bonchev–Trinajstić information content (AvgIpc) is 2.13. The van der Waals surface area contributed by atoms with Gasteiger partial charge in [-0.2, -0.15) is 0 Å². The fourth-order valence-electron chi connectivity index (χ4n) is 1.86. The van der Waals surface area contributed by atoms with E-state index in [-0.39, 0.29) is 5.91 Å². The number of nitrogens with one attached hydrogen (secondary N) is 1. The first-order valence-electron chi connectivity index (χ1n) is 5.67. The molecule has 0 unspecified atom stereocenters. The highest BCUT2D eigenvalue weighted by molar-refractivity contribution is 5.94. The van der Waals surface area contributed by atoms with E-state index in [0.29, 0.717) is 17.3 Å². The molecule has 4 nitrogen and oxygen atoms in total. The summed E-state index contributed by atoms with van der Waals surface area (Å²) in [6.07, 6.45) is 3.76. The van der Waals surface area contributed by atoms with Gasteiger partial charge < -0.3 is 11.1 Å². The van der Waals surface area contributed by atoms with Crippen molar-refractivity contribution >= 4 is 11.7 Å². The summed E-state index contributed by atoms with van der Waals surface area (Å²) < 4.78 is 0. The van der Waals surface area contributed by atoms with Crippen molar-refractivity contribution in [3.8, 4) is 0 Å². The van der Waals surface area contributed by atoms with Crippen molar-refractivity contribution in [2.75, 3.05) is 12.3 Å². The van der Waals surface area contributed by atoms with Crippen LogP contribution >= 0.6 is 0 Å². The summed E-state index contributed by atoms with van der Waals surface area (Å²) in [6, 6.07) is 3.37. The Kier molecular flexibility index (Phi) is 3.08. The molecule has 1 aliphatic rings. The van der Waals surface area contributed by atoms with E-state index in [1.165, 1.54) is 19.3 Å². The van der Waals surface area contributed by atoms with E-state index in [2.05, 4.69) is 10.3 Å². The van der Waals surface area contributed by atoms with Crippen LogP contribution < -0.4 is 11.1 Å². The average molecular weight is 219 g/mol. The van der Waals surface area contributed by atoms with Crippen molar-refractivity contribution in [1.82, 2.24) is 10.3 Å². The van der Waals surface area contributed by atoms with Crippen LogP contribution in [0.15, 0.2) is 12.1 Å². The van der Waals surface area contributed by atoms with Gasteiger partial charge in [0.25, 0.3) is 5.91 Å². The maximum atomic E-state index is 11.8. The molecule has 1 heterocycles. The molecular formula is C12H17N3O. The number of pyridine rings is 1. The van der Waals surface area contributed by atoms with E-state index in [0.717, 1.165) is 12.2 Å². The highest BCUT2D eigenvalue weighted by Crippen LogP contribution is 2.25. The van der Waals surface area contributed by atoms with Crippen molar-refractivity contribution < 1.29 is 4.79 Å². The monoisotopic (exact) mass is 219 g/mol. The van der Waals surface area contributed by atoms with Crippen molar-refractivity contribution in [2.24, 2.45) is 5.92 Å². The molecule has 3 N–H and O–H groups in total. The largest absolute Gasteiger partial charge is 0.384 e. The third-order valence-corrected chi connectivity index (χ3v) is 3.01. The van der Waals surface area contributed by atoms with Gasteiger partial charge in [-0.15, -0.1) is 0 Å². The molecule has 4 heteroatoms. The third kappa shape index (κ3) is 2.51. The molecule has 1 aromatic heterocycles. The number of aryl methyl sites for hydroxylation is 1. The smallest absolute Gasteiger partial charge is 0.251 e. The summed E-state index contributed by atoms with van der Waals surface area (Å²) in [5, 5.41) is 2.93. The van der Waals surface area contributed by atoms with Gasteiger partial charge in [0.2, 0.25) is 0 Å². The van der Waals surface area contributed by atoms with Crippen LogP contribution in [0.4, 0.5) is 5.82 Å². The molecule has 1 amide bonds. The van der Waals surface area contributed by atoms with Gasteiger partial charge in [0.15, 0.2) is 0 Å². The topological polar surface area (TPSA) is 68.0 Å². The van der Waals surface area contributed by atoms with E-state index in [4.69, 9.17) is 5.73 Å². The zero-order chi connectivity index (χ0) is 11.5. The second kappa shape index (κ2) is 4.51. The highest BCUT2D eigenvalue weighted by atomic mass is 16.1. The number of carbonyl (C=O) groups excluding carboxylic acids is 1. The van der Waals surface area contributed by atoms with Crippen LogP contribution in [0.5, 0.6) is 0 Å². The van der Waals surface area contributed by atoms with E-state index < -0.39 is 0 Å². The maximum Gasteiger partial charge on any atom is 0.251 e. The number of aromatic nitrogens is 1. The molecule has 1 aliphatic carbocycles. The van der Waals surface area contributed by atoms with Gasteiger partial charge >= 0.3 is 0 Å². The highest BCUT2D eigenvalue weighted by Gasteiger charge is 2.18. The van der Waals surface area contributed by atoms with E-state index in [1.54, 1.807) is 12.1 Å². The lowest BCUT2D eigenvalue weighted by molar-refractivity contribution is 0.0939. The number of rotatable bonds is 3. The molecule has 0 saturated heterocycles. The molecule has 1 fully saturated rings. The molecule has 0 atom stereocenters. The van der Waals surface area contributed by atoms with Crippen molar-refractivity contribution in [3.63, 3.8) is 0 Å². The second-order valence-electron chi connectivity index (χ2n) is 4.43. The Morgan fingerprint density at radius 1 is 1.56 bits per heavy atom. The van der Waals surface area contributed by atoms with Crippen LogP contribution in [0.1, 0.15) is 35.3 Å². The van der Waals surface area contributed by atoms with Gasteiger partial charge in [0.1, 0.15) is 5.82 Å². The van der Waals surface area contributed by atoms with Crippen molar-refractivity contribution in [3.05, 3.63) is 23.4 Å². The maximum absolute atomic E-state index is 11.8. The summed E-state index contributed by atoms with van der Waals surface area (Å²) >= 11 is 0. The lowest BCUT2D eigenvalue weighted by Crippen LogP contribution is -2.32. The van der Waals surface area contributed by atoms with Crippen LogP contribution in [-0.4, -0.2) is 17.4 Å². The Bertz CT molecular complexity index is 379. The number of nitrogens with zero attached hydrogens (tertiary/aromatic N) is 1. The zero-order valence-electron chi connectivity index (χ0n) is 9.49. The molecule has 1 aromatic rings. The molecule has 2 rings (SSSR count). The first-order chi connectivity index (χ1) is 7.65. The van der Waals surface area contributed by atoms with Gasteiger partial charge in [-0.25, -0.2) is 4.98 Å². The predicted octanol–water partition coefficient (Wildman–Crippen LogP) is 1.50. The zero-order valence-corrected chi connectivity index (χ0v) is 9.49. The lowest BCUT2D eigenvalue weighted by atomic mass is 9.85. The molecule has 0 aliphatic heterocycles. The number of nitrogen functional groups attached to an aromatic ring is 1. The first-order valence-corrected chi connectivity index (χ1v) is 5.67. The summed E-state index contributed by atoms with van der Waals surface area (Å²) in [5.74, 6) is 1.02. The summed E-state index contributed by atoms with van der Waals surface area (Å²) in [5.41, 5.74) is 6.97. The lowest BCUT2D eigenvalue weighted by Gasteiger charge is -2.25. The Labute approximate surface area is 95.3 Å². The summed E-state index contributed by atoms with van der Waals surface area (Å²) in [7, 11) is 0. The normalized spacial score (nSPS) is 15.6. The molecular weight excluding hydrogens is 202 g/mol. The Hall–Kier alpha value is -1.58. The Morgan fingerprint density at radius 3 is 2.88 bits per heavy atom. The van der Waals surface area contributed by atoms with Gasteiger partial charge in [-0.05, 0) is 37.8 Å². The molecule has 1 saturated carbocycles. The quantitative estimate of drug-likeness (QED) is 0.809. The predicted molar refractivity (Wildman–Crippen MR) is 63.1 cm³/mol. The van der Waals surface area contributed by atoms with Crippen LogP contribution in [0.3, 0.4) is 0 Å². The van der Waals surface area contributed by atoms with Crippen LogP contribution in [0, 0.1) is 12.8 Å². The third-order valence-electron chi connectivity index (χ3n) is 3.01. The Morgan fingerprint density at radius 2 is 2.31 bits per heavy atom. The molecule has 0 radical (unpaired) electrons. The minimum Gasteiger partial charge on any atom is -0.384 e. The molecule has 0 spiro atoms. The number of hydrogen-bond acceptors (Lipinski definition) is 3. The van der Waals surface area contributed by atoms with Crippen molar-refractivity contribution in [1.29, 1.82) is 0 Å². The van der Waals surface area contributed by atoms with E-state index >= 15 is 0 Å². The van der Waals surface area contributed by atoms with Crippen molar-refractivity contribution in [2.45, 2.75) is 26.2 Å². The van der Waals surface area contributed by atoms with Crippen LogP contribution in [0.2, 0.25) is 0 Å². The number of hydrogen-bond donors (Lipinski definition) is 2. The molecule has 0 bridgehead atoms. The molecule has 0 aromatic carbocycles.